The number of amides is 1. The second-order valence-electron chi connectivity index (χ2n) is 5.08. The van der Waals surface area contributed by atoms with Crippen molar-refractivity contribution in [1.29, 1.82) is 0 Å². The summed E-state index contributed by atoms with van der Waals surface area (Å²) in [5.41, 5.74) is 5.59. The number of aliphatic hydroxyl groups excluding tert-OH is 1. The van der Waals surface area contributed by atoms with Crippen molar-refractivity contribution in [1.82, 2.24) is 5.32 Å². The smallest absolute Gasteiger partial charge is 0.224 e. The van der Waals surface area contributed by atoms with Crippen molar-refractivity contribution in [2.45, 2.75) is 51.6 Å². The monoisotopic (exact) mass is 242 g/mol. The Bertz CT molecular complexity index is 233. The molecule has 4 N–H and O–H groups in total. The summed E-state index contributed by atoms with van der Waals surface area (Å²) in [6, 6.07) is 0. The zero-order chi connectivity index (χ0) is 12.7. The van der Waals surface area contributed by atoms with Gasteiger partial charge in [-0.2, -0.15) is 0 Å². The van der Waals surface area contributed by atoms with E-state index in [1.54, 1.807) is 0 Å². The van der Waals surface area contributed by atoms with Gasteiger partial charge in [-0.05, 0) is 19.3 Å². The lowest BCUT2D eigenvalue weighted by Crippen LogP contribution is -2.41. The molecule has 0 saturated heterocycles. The van der Waals surface area contributed by atoms with E-state index in [1.165, 1.54) is 0 Å². The Balaban J connectivity index is 2.30. The molecule has 0 heterocycles. The zero-order valence-electron chi connectivity index (χ0n) is 10.8. The van der Waals surface area contributed by atoms with E-state index in [1.807, 2.05) is 0 Å². The maximum absolute atomic E-state index is 11.8. The highest BCUT2D eigenvalue weighted by atomic mass is 16.3. The van der Waals surface area contributed by atoms with Gasteiger partial charge in [-0.1, -0.05) is 26.2 Å². The summed E-state index contributed by atoms with van der Waals surface area (Å²) < 4.78 is 0. The van der Waals surface area contributed by atoms with Gasteiger partial charge in [-0.3, -0.25) is 4.79 Å². The number of aliphatic hydroxyl groups is 1. The number of nitrogens with one attached hydrogen (secondary N) is 1. The fraction of sp³-hybridized carbons (Fsp3) is 0.923. The van der Waals surface area contributed by atoms with Crippen molar-refractivity contribution >= 4 is 5.91 Å². The molecule has 1 aliphatic carbocycles. The van der Waals surface area contributed by atoms with Crippen LogP contribution in [0.2, 0.25) is 0 Å². The highest BCUT2D eigenvalue weighted by Crippen LogP contribution is 2.23. The molecule has 100 valence electrons. The van der Waals surface area contributed by atoms with E-state index >= 15 is 0 Å². The van der Waals surface area contributed by atoms with Crippen molar-refractivity contribution in [3.05, 3.63) is 0 Å². The second-order valence-corrected chi connectivity index (χ2v) is 5.08. The van der Waals surface area contributed by atoms with Crippen LogP contribution in [-0.4, -0.2) is 30.2 Å². The van der Waals surface area contributed by atoms with E-state index in [9.17, 15) is 9.90 Å². The standard InChI is InChI=1S/C13H26N2O2/c1-2-5-10(8-14)13(17)15-9-11-6-3-4-7-12(11)16/h10-12,16H,2-9,14H2,1H3,(H,15,17). The predicted molar refractivity (Wildman–Crippen MR) is 68.4 cm³/mol. The molecule has 1 aliphatic rings. The molecule has 1 saturated carbocycles. The fourth-order valence-corrected chi connectivity index (χ4v) is 2.51. The van der Waals surface area contributed by atoms with Crippen molar-refractivity contribution < 1.29 is 9.90 Å². The summed E-state index contributed by atoms with van der Waals surface area (Å²) in [5.74, 6) is 0.209. The lowest BCUT2D eigenvalue weighted by Gasteiger charge is -2.28. The maximum Gasteiger partial charge on any atom is 0.224 e. The second kappa shape index (κ2) is 7.67. The number of hydrogen-bond donors (Lipinski definition) is 3. The number of rotatable bonds is 6. The minimum Gasteiger partial charge on any atom is -0.393 e. The van der Waals surface area contributed by atoms with Crippen LogP contribution in [0.4, 0.5) is 0 Å². The maximum atomic E-state index is 11.8. The van der Waals surface area contributed by atoms with Crippen LogP contribution in [0.15, 0.2) is 0 Å². The van der Waals surface area contributed by atoms with Gasteiger partial charge in [0.25, 0.3) is 0 Å². The Morgan fingerprint density at radius 2 is 2.18 bits per heavy atom. The topological polar surface area (TPSA) is 75.4 Å². The van der Waals surface area contributed by atoms with E-state index in [2.05, 4.69) is 12.2 Å². The van der Waals surface area contributed by atoms with Gasteiger partial charge >= 0.3 is 0 Å². The molecule has 0 radical (unpaired) electrons. The average Bonchev–Trinajstić information content (AvgIpc) is 2.34. The Hall–Kier alpha value is -0.610. The first-order chi connectivity index (χ1) is 8.19. The third-order valence-corrected chi connectivity index (χ3v) is 3.70. The minimum atomic E-state index is -0.244. The quantitative estimate of drug-likeness (QED) is 0.651. The van der Waals surface area contributed by atoms with E-state index < -0.39 is 0 Å². The first kappa shape index (κ1) is 14.5. The molecular weight excluding hydrogens is 216 g/mol. The van der Waals surface area contributed by atoms with Gasteiger partial charge < -0.3 is 16.2 Å². The molecular formula is C13H26N2O2. The molecule has 0 aromatic rings. The third kappa shape index (κ3) is 4.64. The minimum absolute atomic E-state index is 0.0483. The number of nitrogens with two attached hydrogens (primary N) is 1. The number of carbonyl (C=O) groups excluding carboxylic acids is 1. The lowest BCUT2D eigenvalue weighted by atomic mass is 9.86. The van der Waals surface area contributed by atoms with Crippen molar-refractivity contribution in [3.8, 4) is 0 Å². The number of carbonyl (C=O) groups is 1. The molecule has 1 amide bonds. The zero-order valence-corrected chi connectivity index (χ0v) is 10.8. The Kier molecular flexibility index (Phi) is 6.52. The van der Waals surface area contributed by atoms with E-state index in [4.69, 9.17) is 5.73 Å². The van der Waals surface area contributed by atoms with E-state index in [0.29, 0.717) is 13.1 Å². The fourth-order valence-electron chi connectivity index (χ4n) is 2.51. The largest absolute Gasteiger partial charge is 0.393 e. The van der Waals surface area contributed by atoms with Gasteiger partial charge in [0, 0.05) is 19.0 Å². The lowest BCUT2D eigenvalue weighted by molar-refractivity contribution is -0.125. The van der Waals surface area contributed by atoms with E-state index in [-0.39, 0.29) is 23.8 Å². The highest BCUT2D eigenvalue weighted by Gasteiger charge is 2.24. The van der Waals surface area contributed by atoms with Crippen LogP contribution >= 0.6 is 0 Å². The van der Waals surface area contributed by atoms with Crippen LogP contribution in [0.3, 0.4) is 0 Å². The summed E-state index contributed by atoms with van der Waals surface area (Å²) in [4.78, 5) is 11.8. The Morgan fingerprint density at radius 1 is 1.47 bits per heavy atom. The van der Waals surface area contributed by atoms with Gasteiger partial charge in [0.05, 0.1) is 12.0 Å². The number of hydrogen-bond acceptors (Lipinski definition) is 3. The third-order valence-electron chi connectivity index (χ3n) is 3.70. The van der Waals surface area contributed by atoms with Crippen LogP contribution in [0.25, 0.3) is 0 Å². The van der Waals surface area contributed by atoms with Gasteiger partial charge in [0.1, 0.15) is 0 Å². The molecule has 17 heavy (non-hydrogen) atoms. The summed E-state index contributed by atoms with van der Waals surface area (Å²) in [7, 11) is 0. The van der Waals surface area contributed by atoms with Crippen molar-refractivity contribution in [3.63, 3.8) is 0 Å². The molecule has 0 aromatic heterocycles. The molecule has 3 unspecified atom stereocenters. The van der Waals surface area contributed by atoms with E-state index in [0.717, 1.165) is 38.5 Å². The predicted octanol–water partition coefficient (Wildman–Crippen LogP) is 1.03. The molecule has 0 aliphatic heterocycles. The first-order valence-electron chi connectivity index (χ1n) is 6.84. The van der Waals surface area contributed by atoms with Crippen LogP contribution in [-0.2, 0) is 4.79 Å². The summed E-state index contributed by atoms with van der Waals surface area (Å²) in [6.07, 6.45) is 5.72. The Morgan fingerprint density at radius 3 is 2.76 bits per heavy atom. The van der Waals surface area contributed by atoms with Crippen molar-refractivity contribution in [2.24, 2.45) is 17.6 Å². The average molecular weight is 242 g/mol. The van der Waals surface area contributed by atoms with Crippen LogP contribution in [0.1, 0.15) is 45.4 Å². The van der Waals surface area contributed by atoms with Gasteiger partial charge in [0.15, 0.2) is 0 Å². The molecule has 0 aromatic carbocycles. The highest BCUT2D eigenvalue weighted by molar-refractivity contribution is 5.78. The molecule has 1 fully saturated rings. The van der Waals surface area contributed by atoms with Crippen LogP contribution in [0.5, 0.6) is 0 Å². The molecule has 4 nitrogen and oxygen atoms in total. The summed E-state index contributed by atoms with van der Waals surface area (Å²) in [5, 5.41) is 12.7. The van der Waals surface area contributed by atoms with Crippen LogP contribution < -0.4 is 11.1 Å². The SMILES string of the molecule is CCCC(CN)C(=O)NCC1CCCCC1O. The normalized spacial score (nSPS) is 26.5. The molecule has 0 spiro atoms. The summed E-state index contributed by atoms with van der Waals surface area (Å²) in [6.45, 7) is 3.06. The van der Waals surface area contributed by atoms with Gasteiger partial charge in [-0.15, -0.1) is 0 Å². The van der Waals surface area contributed by atoms with Crippen molar-refractivity contribution in [2.75, 3.05) is 13.1 Å². The molecule has 3 atom stereocenters. The molecule has 0 bridgehead atoms. The summed E-state index contributed by atoms with van der Waals surface area (Å²) >= 11 is 0. The van der Waals surface area contributed by atoms with Gasteiger partial charge in [-0.25, -0.2) is 0 Å². The molecule has 1 rings (SSSR count). The Labute approximate surface area is 104 Å². The first-order valence-corrected chi connectivity index (χ1v) is 6.84. The molecule has 4 heteroatoms. The van der Waals surface area contributed by atoms with Gasteiger partial charge in [0.2, 0.25) is 5.91 Å². The van der Waals surface area contributed by atoms with Crippen LogP contribution in [0, 0.1) is 11.8 Å².